The van der Waals surface area contributed by atoms with Gasteiger partial charge in [0.25, 0.3) is 5.09 Å². The highest BCUT2D eigenvalue weighted by atomic mass is 32.9. The van der Waals surface area contributed by atoms with Gasteiger partial charge in [-0.25, -0.2) is 9.59 Å². The van der Waals surface area contributed by atoms with Crippen molar-refractivity contribution < 1.29 is 33.7 Å². The molecule has 0 saturated heterocycles. The Labute approximate surface area is 200 Å². The van der Waals surface area contributed by atoms with E-state index in [1.54, 1.807) is 34.6 Å². The highest BCUT2D eigenvalue weighted by Gasteiger charge is 2.18. The average molecular weight is 508 g/mol. The number of nitrogens with zero attached hydrogens (tertiary/aromatic N) is 1. The predicted molar refractivity (Wildman–Crippen MR) is 124 cm³/mol. The van der Waals surface area contributed by atoms with Gasteiger partial charge in [-0.2, -0.15) is 0 Å². The number of hydrogen-bond donors (Lipinski definition) is 0. The highest BCUT2D eigenvalue weighted by molar-refractivity contribution is 7.80. The molecule has 0 radical (unpaired) electrons. The lowest BCUT2D eigenvalue weighted by atomic mass is 10.2. The average Bonchev–Trinajstić information content (AvgIpc) is 3.23. The molecular formula is C21H17NO8S3. The number of carbonyl (C=O) groups excluding carboxylic acids is 2. The zero-order valence-corrected chi connectivity index (χ0v) is 19.4. The molecule has 1 heterocycles. The summed E-state index contributed by atoms with van der Waals surface area (Å²) in [6.07, 6.45) is -0.326. The first-order chi connectivity index (χ1) is 15.9. The largest absolute Gasteiger partial charge is 0.513 e. The number of unbranched alkanes of at least 4 members (excludes halogenated alkanes) is 1. The molecule has 1 aromatic heterocycles. The van der Waals surface area contributed by atoms with Gasteiger partial charge >= 0.3 is 12.1 Å². The Hall–Kier alpha value is -3.35. The van der Waals surface area contributed by atoms with Crippen LogP contribution < -0.4 is 9.47 Å². The second kappa shape index (κ2) is 12.0. The lowest BCUT2D eigenvalue weighted by Crippen LogP contribution is -2.16. The van der Waals surface area contributed by atoms with Crippen LogP contribution in [0.25, 0.3) is 10.4 Å². The molecule has 0 fully saturated rings. The molecule has 0 aliphatic rings. The van der Waals surface area contributed by atoms with Crippen molar-refractivity contribution in [3.05, 3.63) is 74.1 Å². The molecule has 33 heavy (non-hydrogen) atoms. The SMILES string of the molecule is O=C(OCCCCO[N+](=O)[O-])Oc1ccccc1C(=O)Oc1ccc(-c2cc(=S)ss2)cc1. The van der Waals surface area contributed by atoms with E-state index in [0.29, 0.717) is 18.6 Å². The first kappa shape index (κ1) is 24.3. The van der Waals surface area contributed by atoms with Crippen LogP contribution in [0.1, 0.15) is 23.2 Å². The minimum atomic E-state index is -1.01. The summed E-state index contributed by atoms with van der Waals surface area (Å²) in [5.74, 6) is -0.384. The van der Waals surface area contributed by atoms with Crippen molar-refractivity contribution in [3.63, 3.8) is 0 Å². The molecule has 0 atom stereocenters. The van der Waals surface area contributed by atoms with Crippen LogP contribution in [-0.2, 0) is 9.57 Å². The van der Waals surface area contributed by atoms with Gasteiger partial charge in [-0.05, 0) is 60.9 Å². The van der Waals surface area contributed by atoms with Crippen LogP contribution >= 0.6 is 32.9 Å². The van der Waals surface area contributed by atoms with Crippen LogP contribution in [0.15, 0.2) is 54.6 Å². The van der Waals surface area contributed by atoms with E-state index < -0.39 is 17.2 Å². The summed E-state index contributed by atoms with van der Waals surface area (Å²) in [5.41, 5.74) is 1.01. The zero-order chi connectivity index (χ0) is 23.6. The third kappa shape index (κ3) is 7.63. The molecule has 0 amide bonds. The topological polar surface area (TPSA) is 114 Å². The zero-order valence-electron chi connectivity index (χ0n) is 17.0. The number of ether oxygens (including phenoxy) is 3. The van der Waals surface area contributed by atoms with Crippen molar-refractivity contribution in [1.29, 1.82) is 0 Å². The molecule has 0 spiro atoms. The van der Waals surface area contributed by atoms with Gasteiger partial charge in [-0.15, -0.1) is 10.1 Å². The quantitative estimate of drug-likeness (QED) is 0.0481. The standard InChI is InChI=1S/C21H17NO8S3/c23-20(29-15-9-7-14(8-10-15)18-13-19(31)33-32-18)16-5-1-2-6-17(16)30-21(24)27-11-3-4-12-28-22(25)26/h1-2,5-10,13H,3-4,11-12H2. The van der Waals surface area contributed by atoms with Crippen molar-refractivity contribution in [2.24, 2.45) is 0 Å². The summed E-state index contributed by atoms with van der Waals surface area (Å²) >= 11 is 5.15. The van der Waals surface area contributed by atoms with Gasteiger partial charge in [-0.3, -0.25) is 0 Å². The van der Waals surface area contributed by atoms with Crippen molar-refractivity contribution in [3.8, 4) is 21.9 Å². The van der Waals surface area contributed by atoms with Crippen LogP contribution in [0.3, 0.4) is 0 Å². The van der Waals surface area contributed by atoms with Crippen LogP contribution in [-0.4, -0.2) is 30.4 Å². The monoisotopic (exact) mass is 507 g/mol. The van der Waals surface area contributed by atoms with E-state index in [9.17, 15) is 19.7 Å². The number of carbonyl (C=O) groups is 2. The molecule has 0 aliphatic carbocycles. The Morgan fingerprint density at radius 2 is 1.70 bits per heavy atom. The van der Waals surface area contributed by atoms with Crippen molar-refractivity contribution >= 4 is 45.0 Å². The van der Waals surface area contributed by atoms with E-state index in [2.05, 4.69) is 4.84 Å². The van der Waals surface area contributed by atoms with Crippen molar-refractivity contribution in [1.82, 2.24) is 0 Å². The fourth-order valence-electron chi connectivity index (χ4n) is 2.56. The Morgan fingerprint density at radius 3 is 2.39 bits per heavy atom. The molecule has 12 heteroatoms. The predicted octanol–water partition coefficient (Wildman–Crippen LogP) is 5.93. The van der Waals surface area contributed by atoms with E-state index in [-0.39, 0.29) is 24.5 Å². The fraction of sp³-hybridized carbons (Fsp3) is 0.190. The van der Waals surface area contributed by atoms with Gasteiger partial charge in [0.05, 0.1) is 13.2 Å². The molecular weight excluding hydrogens is 490 g/mol. The molecule has 172 valence electrons. The molecule has 2 aromatic carbocycles. The number of esters is 1. The van der Waals surface area contributed by atoms with E-state index in [1.807, 2.05) is 18.2 Å². The third-order valence-corrected chi connectivity index (χ3v) is 6.98. The summed E-state index contributed by atoms with van der Waals surface area (Å²) < 4.78 is 16.3. The van der Waals surface area contributed by atoms with Gasteiger partial charge in [0, 0.05) is 4.88 Å². The lowest BCUT2D eigenvalue weighted by molar-refractivity contribution is -0.757. The second-order valence-electron chi connectivity index (χ2n) is 6.37. The van der Waals surface area contributed by atoms with E-state index in [1.165, 1.54) is 22.5 Å². The Kier molecular flexibility index (Phi) is 8.87. The molecule has 3 rings (SSSR count). The number of para-hydroxylation sites is 1. The minimum absolute atomic E-state index is 0.0150. The first-order valence-corrected chi connectivity index (χ1v) is 12.1. The van der Waals surface area contributed by atoms with Gasteiger partial charge < -0.3 is 19.0 Å². The number of benzene rings is 2. The number of hydrogen-bond acceptors (Lipinski definition) is 11. The molecule has 9 nitrogen and oxygen atoms in total. The molecule has 3 aromatic rings. The Morgan fingerprint density at radius 1 is 0.970 bits per heavy atom. The molecule has 0 unspecified atom stereocenters. The molecule has 0 saturated carbocycles. The van der Waals surface area contributed by atoms with E-state index >= 15 is 0 Å². The van der Waals surface area contributed by atoms with Crippen LogP contribution in [0, 0.1) is 13.9 Å². The minimum Gasteiger partial charge on any atom is -0.434 e. The van der Waals surface area contributed by atoms with Gasteiger partial charge in [0.1, 0.15) is 20.9 Å². The van der Waals surface area contributed by atoms with Gasteiger partial charge in [0.15, 0.2) is 0 Å². The molecule has 0 bridgehead atoms. The van der Waals surface area contributed by atoms with E-state index in [4.69, 9.17) is 26.4 Å². The lowest BCUT2D eigenvalue weighted by Gasteiger charge is -2.10. The maximum absolute atomic E-state index is 12.6. The Bertz CT molecular complexity index is 1170. The van der Waals surface area contributed by atoms with E-state index in [0.717, 1.165) is 14.3 Å². The smallest absolute Gasteiger partial charge is 0.434 e. The summed E-state index contributed by atoms with van der Waals surface area (Å²) in [6.45, 7) is -0.110. The Balaban J connectivity index is 1.54. The fourth-order valence-corrected chi connectivity index (χ4v) is 4.97. The van der Waals surface area contributed by atoms with Crippen LogP contribution in [0.4, 0.5) is 4.79 Å². The summed E-state index contributed by atoms with van der Waals surface area (Å²) in [5, 5.41) is 9.17. The van der Waals surface area contributed by atoms with Crippen LogP contribution in [0.5, 0.6) is 11.5 Å². The third-order valence-electron chi connectivity index (χ3n) is 4.07. The summed E-state index contributed by atoms with van der Waals surface area (Å²) in [7, 11) is 3.09. The van der Waals surface area contributed by atoms with Gasteiger partial charge in [-0.1, -0.05) is 45.0 Å². The molecule has 0 aliphatic heterocycles. The number of rotatable bonds is 10. The highest BCUT2D eigenvalue weighted by Crippen LogP contribution is 2.31. The normalized spacial score (nSPS) is 10.3. The van der Waals surface area contributed by atoms with Crippen molar-refractivity contribution in [2.45, 2.75) is 12.8 Å². The molecule has 0 N–H and O–H groups in total. The first-order valence-electron chi connectivity index (χ1n) is 9.56. The maximum Gasteiger partial charge on any atom is 0.513 e. The summed E-state index contributed by atoms with van der Waals surface area (Å²) in [6, 6.07) is 15.0. The van der Waals surface area contributed by atoms with Crippen LogP contribution in [0.2, 0.25) is 0 Å². The second-order valence-corrected chi connectivity index (χ2v) is 9.28. The maximum atomic E-state index is 12.6. The summed E-state index contributed by atoms with van der Waals surface area (Å²) in [4.78, 5) is 39.8. The van der Waals surface area contributed by atoms with Crippen molar-refractivity contribution in [2.75, 3.05) is 13.2 Å². The van der Waals surface area contributed by atoms with Gasteiger partial charge in [0.2, 0.25) is 0 Å².